The van der Waals surface area contributed by atoms with Crippen LogP contribution in [-0.2, 0) is 19.5 Å². The Hall–Kier alpha value is 1.28. The normalized spacial score (nSPS) is 27.9. The van der Waals surface area contributed by atoms with E-state index in [1.54, 1.807) is 0 Å². The van der Waals surface area contributed by atoms with E-state index in [0.717, 1.165) is 46.3 Å². The van der Waals surface area contributed by atoms with Gasteiger partial charge in [0, 0.05) is 0 Å². The third-order valence-electron chi connectivity index (χ3n) is 8.13. The molecule has 1 aromatic rings. The van der Waals surface area contributed by atoms with Gasteiger partial charge in [-0.15, -0.1) is 0 Å². The van der Waals surface area contributed by atoms with Gasteiger partial charge in [-0.2, -0.15) is 0 Å². The molecule has 0 spiro atoms. The summed E-state index contributed by atoms with van der Waals surface area (Å²) in [6.45, 7) is 19.9. The van der Waals surface area contributed by atoms with Gasteiger partial charge in [0.05, 0.1) is 0 Å². The van der Waals surface area contributed by atoms with Crippen LogP contribution in [-0.4, -0.2) is 22.6 Å². The van der Waals surface area contributed by atoms with E-state index in [1.807, 2.05) is 49.1 Å². The van der Waals surface area contributed by atoms with E-state index < -0.39 is 0 Å². The van der Waals surface area contributed by atoms with Gasteiger partial charge >= 0.3 is 19.5 Å². The molecule has 6 radical (unpaired) electrons. The average Bonchev–Trinajstić information content (AvgIpc) is 3.46. The van der Waals surface area contributed by atoms with E-state index in [9.17, 15) is 0 Å². The molecule has 1 aromatic carbocycles. The van der Waals surface area contributed by atoms with Crippen LogP contribution in [0.15, 0.2) is 24.3 Å². The number of benzene rings is 1. The van der Waals surface area contributed by atoms with Crippen LogP contribution in [0, 0.1) is 62.2 Å². The molecule has 2 saturated heterocycles. The maximum absolute atomic E-state index is 2.58. The molecule has 2 heterocycles. The zero-order valence-electron chi connectivity index (χ0n) is 24.2. The Kier molecular flexibility index (Phi) is 19.3. The molecule has 4 rings (SSSR count). The Balaban J connectivity index is 0.00000127. The van der Waals surface area contributed by atoms with Crippen LogP contribution in [0.1, 0.15) is 81.1 Å². The minimum absolute atomic E-state index is 0. The molecule has 2 aliphatic heterocycles. The third-order valence-corrected chi connectivity index (χ3v) is 16.5. The summed E-state index contributed by atoms with van der Waals surface area (Å²) in [4.78, 5) is 0. The van der Waals surface area contributed by atoms with Gasteiger partial charge in [-0.3, -0.25) is 0 Å². The van der Waals surface area contributed by atoms with Crippen molar-refractivity contribution >= 4 is 26.5 Å². The number of halogens is 2. The van der Waals surface area contributed by atoms with E-state index in [1.165, 1.54) is 25.7 Å². The standard InChI is InChI=1S/C26H44P2.C6H6.2ClH.Ru/c1-17(2)21-13-14-22(18(3)4)27(21)25-11-9-10-12-26(25)28-23(19(5)6)15-16-24(28)20(7)8;1-2-4-6-5-3-1;;;/h9-12,17-24H,13-16H2,1-8H3;1-6H;2*1H;/q;;;;+2/p-2/t21-,22-,23-,24+,28?;;;;/m0..../s1. The fourth-order valence-electron chi connectivity index (χ4n) is 6.35. The maximum Gasteiger partial charge on any atom is 2.00 e. The molecule has 1 aliphatic carbocycles. The van der Waals surface area contributed by atoms with Gasteiger partial charge in [-0.05, 0) is 121 Å². The quantitative estimate of drug-likeness (QED) is 0.324. The molecular formula is C32H50Cl2P2Ru. The van der Waals surface area contributed by atoms with Gasteiger partial charge in [0.25, 0.3) is 0 Å². The molecule has 3 fully saturated rings. The summed E-state index contributed by atoms with van der Waals surface area (Å²) in [5.74, 6) is 3.28. The van der Waals surface area contributed by atoms with Crippen molar-refractivity contribution in [2.24, 2.45) is 23.7 Å². The van der Waals surface area contributed by atoms with E-state index in [4.69, 9.17) is 0 Å². The molecule has 210 valence electrons. The minimum atomic E-state index is -0.0433. The molecule has 1 saturated carbocycles. The summed E-state index contributed by atoms with van der Waals surface area (Å²) in [5.41, 5.74) is 3.71. The van der Waals surface area contributed by atoms with Gasteiger partial charge in [0.15, 0.2) is 0 Å². The van der Waals surface area contributed by atoms with Gasteiger partial charge in [0.2, 0.25) is 0 Å². The fraction of sp³-hybridized carbons (Fsp3) is 0.625. The molecule has 0 nitrogen and oxygen atoms in total. The van der Waals surface area contributed by atoms with Gasteiger partial charge < -0.3 is 24.8 Å². The van der Waals surface area contributed by atoms with Crippen molar-refractivity contribution in [3.63, 3.8) is 0 Å². The molecule has 1 unspecified atom stereocenters. The second-order valence-corrected chi connectivity index (χ2v) is 17.1. The SMILES string of the molecule is CC(C)[C@H]1CC[C@@H](C(C)C)P1c1ccccc1P1[C@H](C(C)C)CC[C@H]1C(C)C.[CH]1[CH][CH][CH][CH][CH]1.[Cl-].[Cl-].[Ru+2]. The summed E-state index contributed by atoms with van der Waals surface area (Å²) in [5, 5.41) is 3.66. The summed E-state index contributed by atoms with van der Waals surface area (Å²) < 4.78 is 0. The van der Waals surface area contributed by atoms with Crippen molar-refractivity contribution in [2.75, 3.05) is 0 Å². The minimum Gasteiger partial charge on any atom is -1.00 e. The predicted octanol–water partition coefficient (Wildman–Crippen LogP) is 2.82. The van der Waals surface area contributed by atoms with E-state index in [0.29, 0.717) is 0 Å². The van der Waals surface area contributed by atoms with Crippen molar-refractivity contribution in [2.45, 2.75) is 104 Å². The summed E-state index contributed by atoms with van der Waals surface area (Å²) in [6.07, 6.45) is 17.8. The van der Waals surface area contributed by atoms with Gasteiger partial charge in [-0.25, -0.2) is 0 Å². The number of hydrogen-bond acceptors (Lipinski definition) is 0. The van der Waals surface area contributed by atoms with E-state index in [-0.39, 0.29) is 60.1 Å². The molecule has 0 aromatic heterocycles. The Morgan fingerprint density at radius 2 is 0.703 bits per heavy atom. The predicted molar refractivity (Wildman–Crippen MR) is 158 cm³/mol. The molecule has 5 atom stereocenters. The zero-order chi connectivity index (χ0) is 24.8. The van der Waals surface area contributed by atoms with Crippen LogP contribution in [0.25, 0.3) is 0 Å². The van der Waals surface area contributed by atoms with Crippen LogP contribution in [0.3, 0.4) is 0 Å². The summed E-state index contributed by atoms with van der Waals surface area (Å²) in [6, 6.07) is 9.86. The smallest absolute Gasteiger partial charge is 1.00 e. The van der Waals surface area contributed by atoms with E-state index in [2.05, 4.69) is 79.7 Å². The number of hydrogen-bond donors (Lipinski definition) is 0. The fourth-order valence-corrected chi connectivity index (χ4v) is 14.9. The van der Waals surface area contributed by atoms with Crippen LogP contribution >= 0.6 is 15.8 Å². The summed E-state index contributed by atoms with van der Waals surface area (Å²) >= 11 is 0. The number of rotatable bonds is 6. The Morgan fingerprint density at radius 1 is 0.486 bits per heavy atom. The van der Waals surface area contributed by atoms with Crippen LogP contribution in [0.4, 0.5) is 0 Å². The third kappa shape index (κ3) is 9.95. The van der Waals surface area contributed by atoms with Crippen molar-refractivity contribution in [3.05, 3.63) is 62.8 Å². The van der Waals surface area contributed by atoms with Crippen molar-refractivity contribution in [3.8, 4) is 0 Å². The summed E-state index contributed by atoms with van der Waals surface area (Å²) in [7, 11) is -0.0867. The first-order chi connectivity index (χ1) is 16.2. The van der Waals surface area contributed by atoms with Crippen molar-refractivity contribution in [1.29, 1.82) is 0 Å². The van der Waals surface area contributed by atoms with Crippen molar-refractivity contribution in [1.82, 2.24) is 0 Å². The Bertz CT molecular complexity index is 637. The van der Waals surface area contributed by atoms with Crippen LogP contribution in [0.2, 0.25) is 0 Å². The molecule has 0 bridgehead atoms. The second-order valence-electron chi connectivity index (χ2n) is 11.9. The molecular weight excluding hydrogens is 618 g/mol. The zero-order valence-corrected chi connectivity index (χ0v) is 29.3. The second kappa shape index (κ2) is 18.7. The average molecular weight is 669 g/mol. The molecule has 0 amide bonds. The Labute approximate surface area is 259 Å². The largest absolute Gasteiger partial charge is 2.00 e. The monoisotopic (exact) mass is 668 g/mol. The first-order valence-corrected chi connectivity index (χ1v) is 16.9. The molecule has 0 N–H and O–H groups in total. The molecule has 5 heteroatoms. The first kappa shape index (κ1) is 38.3. The first-order valence-electron chi connectivity index (χ1n) is 13.9. The van der Waals surface area contributed by atoms with Crippen molar-refractivity contribution < 1.29 is 44.3 Å². The molecule has 3 aliphatic rings. The van der Waals surface area contributed by atoms with Crippen LogP contribution in [0.5, 0.6) is 0 Å². The molecule has 37 heavy (non-hydrogen) atoms. The van der Waals surface area contributed by atoms with E-state index >= 15 is 0 Å². The Morgan fingerprint density at radius 3 is 0.892 bits per heavy atom. The maximum atomic E-state index is 2.58. The van der Waals surface area contributed by atoms with Gasteiger partial charge in [-0.1, -0.05) is 95.5 Å². The van der Waals surface area contributed by atoms with Crippen LogP contribution < -0.4 is 35.4 Å². The van der Waals surface area contributed by atoms with Gasteiger partial charge in [0.1, 0.15) is 0 Å². The topological polar surface area (TPSA) is 0 Å².